The number of carbonyl (C=O) groups excluding carboxylic acids is 2. The zero-order valence-corrected chi connectivity index (χ0v) is 24.1. The second kappa shape index (κ2) is 13.5. The molecule has 0 saturated carbocycles. The lowest BCUT2D eigenvalue weighted by molar-refractivity contribution is -0.139. The fourth-order valence-electron chi connectivity index (χ4n) is 3.94. The van der Waals surface area contributed by atoms with E-state index >= 15 is 0 Å². The van der Waals surface area contributed by atoms with Gasteiger partial charge in [-0.25, -0.2) is 8.42 Å². The van der Waals surface area contributed by atoms with Gasteiger partial charge in [0, 0.05) is 17.6 Å². The zero-order valence-electron chi connectivity index (χ0n) is 22.5. The minimum Gasteiger partial charge on any atom is -0.494 e. The molecule has 3 aromatic carbocycles. The fourth-order valence-corrected chi connectivity index (χ4v) is 5.57. The first-order valence-electron chi connectivity index (χ1n) is 12.7. The number of hydrogen-bond donors (Lipinski definition) is 1. The smallest absolute Gasteiger partial charge is 0.264 e. The van der Waals surface area contributed by atoms with Gasteiger partial charge in [-0.1, -0.05) is 41.9 Å². The number of halogens is 1. The van der Waals surface area contributed by atoms with Crippen LogP contribution in [0.15, 0.2) is 83.8 Å². The van der Waals surface area contributed by atoms with Crippen LogP contribution in [-0.2, 0) is 26.2 Å². The van der Waals surface area contributed by atoms with Crippen LogP contribution in [0.1, 0.15) is 33.3 Å². The summed E-state index contributed by atoms with van der Waals surface area (Å²) in [5, 5.41) is 3.32. The van der Waals surface area contributed by atoms with Crippen molar-refractivity contribution in [2.24, 2.45) is 0 Å². The van der Waals surface area contributed by atoms with Gasteiger partial charge in [-0.05, 0) is 81.8 Å². The van der Waals surface area contributed by atoms with Crippen molar-refractivity contribution in [2.75, 3.05) is 17.5 Å². The van der Waals surface area contributed by atoms with Crippen molar-refractivity contribution in [3.8, 4) is 5.75 Å². The van der Waals surface area contributed by atoms with Crippen molar-refractivity contribution >= 4 is 39.1 Å². The van der Waals surface area contributed by atoms with Gasteiger partial charge in [0.25, 0.3) is 10.0 Å². The molecule has 1 atom stereocenters. The van der Waals surface area contributed by atoms with Gasteiger partial charge < -0.3 is 15.0 Å². The second-order valence-electron chi connectivity index (χ2n) is 9.24. The average Bonchev–Trinajstić information content (AvgIpc) is 2.90. The highest BCUT2D eigenvalue weighted by Gasteiger charge is 2.32. The summed E-state index contributed by atoms with van der Waals surface area (Å²) in [5.74, 6) is -0.350. The minimum atomic E-state index is -4.15. The van der Waals surface area contributed by atoms with Gasteiger partial charge >= 0.3 is 0 Å². The minimum absolute atomic E-state index is 0.00889. The molecule has 3 rings (SSSR count). The molecular weight excluding hydrogens is 538 g/mol. The number of rotatable bonds is 12. The molecule has 0 fully saturated rings. The highest BCUT2D eigenvalue weighted by Crippen LogP contribution is 2.26. The van der Waals surface area contributed by atoms with Crippen molar-refractivity contribution in [1.82, 2.24) is 10.2 Å². The Kier molecular flexibility index (Phi) is 10.4. The Bertz CT molecular complexity index is 1370. The van der Waals surface area contributed by atoms with E-state index in [0.29, 0.717) is 28.6 Å². The lowest BCUT2D eigenvalue weighted by Crippen LogP contribution is -2.52. The summed E-state index contributed by atoms with van der Waals surface area (Å²) in [6.45, 7) is 7.11. The number of hydrogen-bond acceptors (Lipinski definition) is 5. The zero-order chi connectivity index (χ0) is 28.6. The van der Waals surface area contributed by atoms with E-state index in [9.17, 15) is 18.0 Å². The monoisotopic (exact) mass is 571 g/mol. The topological polar surface area (TPSA) is 96.0 Å². The number of para-hydroxylation sites is 1. The summed E-state index contributed by atoms with van der Waals surface area (Å²) in [7, 11) is -4.15. The van der Waals surface area contributed by atoms with Gasteiger partial charge in [-0.2, -0.15) is 0 Å². The first-order chi connectivity index (χ1) is 18.5. The van der Waals surface area contributed by atoms with Crippen LogP contribution in [0.25, 0.3) is 0 Å². The third kappa shape index (κ3) is 7.97. The highest BCUT2D eigenvalue weighted by molar-refractivity contribution is 7.92. The van der Waals surface area contributed by atoms with Crippen LogP contribution in [0, 0.1) is 0 Å². The van der Waals surface area contributed by atoms with Crippen molar-refractivity contribution in [3.63, 3.8) is 0 Å². The first kappa shape index (κ1) is 30.0. The quantitative estimate of drug-likeness (QED) is 0.334. The van der Waals surface area contributed by atoms with Crippen LogP contribution in [0.3, 0.4) is 0 Å². The van der Waals surface area contributed by atoms with Crippen LogP contribution in [-0.4, -0.2) is 50.4 Å². The average molecular weight is 572 g/mol. The molecule has 8 nitrogen and oxygen atoms in total. The third-order valence-electron chi connectivity index (χ3n) is 5.89. The molecule has 2 amide bonds. The van der Waals surface area contributed by atoms with E-state index in [1.54, 1.807) is 73.7 Å². The maximum Gasteiger partial charge on any atom is 0.264 e. The molecule has 10 heteroatoms. The molecule has 0 radical (unpaired) electrons. The molecule has 3 aromatic rings. The normalized spacial score (nSPS) is 12.1. The standard InChI is InChI=1S/C29H34ClN3O5S/c1-5-38-26-14-16-27(17-15-26)39(36,37)33(25-12-7-6-8-13-25)20-28(34)32(22(4)29(35)31-21(2)3)19-23-10-9-11-24(30)18-23/h6-18,21-22H,5,19-20H2,1-4H3,(H,31,35). The Morgan fingerprint density at radius 2 is 1.62 bits per heavy atom. The van der Waals surface area contributed by atoms with Crippen molar-refractivity contribution < 1.29 is 22.7 Å². The van der Waals surface area contributed by atoms with E-state index in [4.69, 9.17) is 16.3 Å². The molecule has 1 unspecified atom stereocenters. The Labute approximate surface area is 235 Å². The molecule has 0 aromatic heterocycles. The predicted molar refractivity (Wildman–Crippen MR) is 153 cm³/mol. The molecule has 0 aliphatic carbocycles. The Morgan fingerprint density at radius 3 is 2.21 bits per heavy atom. The van der Waals surface area contributed by atoms with Crippen LogP contribution in [0.2, 0.25) is 5.02 Å². The van der Waals surface area contributed by atoms with E-state index in [1.807, 2.05) is 20.8 Å². The molecule has 0 saturated heterocycles. The van der Waals surface area contributed by atoms with Gasteiger partial charge in [-0.3, -0.25) is 13.9 Å². The van der Waals surface area contributed by atoms with Gasteiger partial charge in [0.15, 0.2) is 0 Å². The fraction of sp³-hybridized carbons (Fsp3) is 0.310. The largest absolute Gasteiger partial charge is 0.494 e. The molecule has 0 heterocycles. The number of anilines is 1. The molecule has 39 heavy (non-hydrogen) atoms. The molecule has 0 aliphatic heterocycles. The van der Waals surface area contributed by atoms with Crippen LogP contribution >= 0.6 is 11.6 Å². The molecule has 1 N–H and O–H groups in total. The number of amides is 2. The van der Waals surface area contributed by atoms with E-state index in [2.05, 4.69) is 5.32 Å². The van der Waals surface area contributed by atoms with Gasteiger partial charge in [0.1, 0.15) is 18.3 Å². The van der Waals surface area contributed by atoms with Crippen molar-refractivity contribution in [3.05, 3.63) is 89.4 Å². The van der Waals surface area contributed by atoms with Crippen LogP contribution < -0.4 is 14.4 Å². The molecule has 208 valence electrons. The SMILES string of the molecule is CCOc1ccc(S(=O)(=O)N(CC(=O)N(Cc2cccc(Cl)c2)C(C)C(=O)NC(C)C)c2ccccc2)cc1. The summed E-state index contributed by atoms with van der Waals surface area (Å²) in [4.78, 5) is 28.2. The Hall–Kier alpha value is -3.56. The summed E-state index contributed by atoms with van der Waals surface area (Å²) in [6, 6.07) is 20.4. The molecule has 0 spiro atoms. The maximum atomic E-state index is 13.9. The van der Waals surface area contributed by atoms with E-state index in [-0.39, 0.29) is 23.4 Å². The number of carbonyl (C=O) groups is 2. The summed E-state index contributed by atoms with van der Waals surface area (Å²) in [6.07, 6.45) is 0. The molecule has 0 bridgehead atoms. The van der Waals surface area contributed by atoms with Gasteiger partial charge in [-0.15, -0.1) is 0 Å². The van der Waals surface area contributed by atoms with Crippen molar-refractivity contribution in [2.45, 2.75) is 51.2 Å². The first-order valence-corrected chi connectivity index (χ1v) is 14.5. The van der Waals surface area contributed by atoms with Crippen LogP contribution in [0.5, 0.6) is 5.75 Å². The molecular formula is C29H34ClN3O5S. The van der Waals surface area contributed by atoms with Gasteiger partial charge in [0.05, 0.1) is 17.2 Å². The third-order valence-corrected chi connectivity index (χ3v) is 7.91. The van der Waals surface area contributed by atoms with Crippen molar-refractivity contribution in [1.29, 1.82) is 0 Å². The van der Waals surface area contributed by atoms with E-state index < -0.39 is 28.5 Å². The van der Waals surface area contributed by atoms with E-state index in [1.165, 1.54) is 17.0 Å². The Balaban J connectivity index is 1.99. The predicted octanol–water partition coefficient (Wildman–Crippen LogP) is 4.88. The number of benzene rings is 3. The number of nitrogens with zero attached hydrogens (tertiary/aromatic N) is 2. The number of nitrogens with one attached hydrogen (secondary N) is 1. The lowest BCUT2D eigenvalue weighted by Gasteiger charge is -2.32. The number of ether oxygens (including phenoxy) is 1. The summed E-state index contributed by atoms with van der Waals surface area (Å²) < 4.78 is 34.2. The molecule has 0 aliphatic rings. The summed E-state index contributed by atoms with van der Waals surface area (Å²) in [5.41, 5.74) is 1.03. The number of sulfonamides is 1. The highest BCUT2D eigenvalue weighted by atomic mass is 35.5. The van der Waals surface area contributed by atoms with Gasteiger partial charge in [0.2, 0.25) is 11.8 Å². The second-order valence-corrected chi connectivity index (χ2v) is 11.5. The van der Waals surface area contributed by atoms with Crippen LogP contribution in [0.4, 0.5) is 5.69 Å². The lowest BCUT2D eigenvalue weighted by atomic mass is 10.1. The summed E-state index contributed by atoms with van der Waals surface area (Å²) >= 11 is 6.16. The Morgan fingerprint density at radius 1 is 0.949 bits per heavy atom. The maximum absolute atomic E-state index is 13.9. The van der Waals surface area contributed by atoms with E-state index in [0.717, 1.165) is 4.31 Å².